The minimum absolute atomic E-state index is 0.0878. The number of nitrogens with zero attached hydrogens (tertiary/aromatic N) is 3. The number of likely N-dealkylation sites (tertiary alicyclic amines) is 1. The Bertz CT molecular complexity index is 1330. The SMILES string of the molecule is O=C1CC(=C2c3ccccc3-c3ccccc32)C(=O)N1CCCN1CCN(c2cccc(Cl)c2)CC1. The third-order valence-electron chi connectivity index (χ3n) is 7.52. The largest absolute Gasteiger partial charge is 0.369 e. The summed E-state index contributed by atoms with van der Waals surface area (Å²) in [5.41, 5.74) is 7.08. The van der Waals surface area contributed by atoms with Gasteiger partial charge in [-0.15, -0.1) is 0 Å². The molecule has 0 N–H and O–H groups in total. The van der Waals surface area contributed by atoms with Crippen molar-refractivity contribution < 1.29 is 9.59 Å². The van der Waals surface area contributed by atoms with E-state index in [2.05, 4.69) is 40.1 Å². The minimum atomic E-state index is -0.132. The molecule has 0 atom stereocenters. The Labute approximate surface area is 216 Å². The molecule has 1 aliphatic carbocycles. The highest BCUT2D eigenvalue weighted by molar-refractivity contribution is 6.30. The third-order valence-corrected chi connectivity index (χ3v) is 7.75. The summed E-state index contributed by atoms with van der Waals surface area (Å²) in [6.45, 7) is 5.13. The van der Waals surface area contributed by atoms with Crippen molar-refractivity contribution in [3.63, 3.8) is 0 Å². The first-order valence-electron chi connectivity index (χ1n) is 12.6. The smallest absolute Gasteiger partial charge is 0.257 e. The fraction of sp³-hybridized carbons (Fsp3) is 0.267. The number of amides is 2. The molecule has 3 aliphatic rings. The molecule has 0 aromatic heterocycles. The van der Waals surface area contributed by atoms with Crippen molar-refractivity contribution in [1.82, 2.24) is 9.80 Å². The summed E-state index contributed by atoms with van der Waals surface area (Å²) in [5.74, 6) is -0.220. The van der Waals surface area contributed by atoms with Gasteiger partial charge in [-0.3, -0.25) is 19.4 Å². The zero-order valence-corrected chi connectivity index (χ0v) is 20.9. The molecule has 5 nitrogen and oxygen atoms in total. The van der Waals surface area contributed by atoms with E-state index < -0.39 is 0 Å². The van der Waals surface area contributed by atoms with Crippen LogP contribution >= 0.6 is 11.6 Å². The predicted octanol–water partition coefficient (Wildman–Crippen LogP) is 5.09. The summed E-state index contributed by atoms with van der Waals surface area (Å²) < 4.78 is 0. The second-order valence-electron chi connectivity index (χ2n) is 9.63. The van der Waals surface area contributed by atoms with Crippen LogP contribution in [0.3, 0.4) is 0 Å². The molecule has 6 heteroatoms. The van der Waals surface area contributed by atoms with E-state index in [1.54, 1.807) is 0 Å². The van der Waals surface area contributed by atoms with E-state index in [1.807, 2.05) is 42.5 Å². The van der Waals surface area contributed by atoms with Crippen LogP contribution in [0.5, 0.6) is 0 Å². The maximum Gasteiger partial charge on any atom is 0.257 e. The molecular formula is C30H28ClN3O2. The molecule has 2 saturated heterocycles. The van der Waals surface area contributed by atoms with Gasteiger partial charge in [0.25, 0.3) is 5.91 Å². The number of rotatable bonds is 5. The molecule has 2 heterocycles. The van der Waals surface area contributed by atoms with Crippen molar-refractivity contribution >= 4 is 34.7 Å². The Kier molecular flexibility index (Phi) is 6.12. The highest BCUT2D eigenvalue weighted by Crippen LogP contribution is 2.47. The molecule has 0 saturated carbocycles. The van der Waals surface area contributed by atoms with Crippen LogP contribution in [-0.4, -0.2) is 60.9 Å². The van der Waals surface area contributed by atoms with Crippen molar-refractivity contribution in [2.45, 2.75) is 12.8 Å². The number of halogens is 1. The van der Waals surface area contributed by atoms with Gasteiger partial charge in [-0.05, 0) is 59.0 Å². The highest BCUT2D eigenvalue weighted by Gasteiger charge is 2.38. The van der Waals surface area contributed by atoms with Crippen molar-refractivity contribution in [3.8, 4) is 11.1 Å². The summed E-state index contributed by atoms with van der Waals surface area (Å²) >= 11 is 6.15. The van der Waals surface area contributed by atoms with Crippen LogP contribution in [0.2, 0.25) is 5.02 Å². The second kappa shape index (κ2) is 9.57. The standard InChI is InChI=1S/C30H28ClN3O2/c31-21-7-5-8-22(19-21)33-17-15-32(16-18-33)13-6-14-34-28(35)20-27(30(34)36)29-25-11-3-1-9-23(25)24-10-2-4-12-26(24)29/h1-5,7-12,19H,6,13-18,20H2. The molecule has 2 fully saturated rings. The topological polar surface area (TPSA) is 43.9 Å². The quantitative estimate of drug-likeness (QED) is 0.284. The van der Waals surface area contributed by atoms with E-state index in [4.69, 9.17) is 11.6 Å². The fourth-order valence-corrected chi connectivity index (χ4v) is 5.90. The van der Waals surface area contributed by atoms with Crippen LogP contribution in [0.1, 0.15) is 24.0 Å². The first-order chi connectivity index (χ1) is 17.6. The average Bonchev–Trinajstić information content (AvgIpc) is 3.38. The molecule has 3 aromatic rings. The van der Waals surface area contributed by atoms with E-state index in [0.717, 1.165) is 77.7 Å². The van der Waals surface area contributed by atoms with E-state index in [1.165, 1.54) is 4.90 Å². The van der Waals surface area contributed by atoms with E-state index in [9.17, 15) is 9.59 Å². The molecule has 0 spiro atoms. The molecular weight excluding hydrogens is 470 g/mol. The molecule has 0 radical (unpaired) electrons. The van der Waals surface area contributed by atoms with E-state index >= 15 is 0 Å². The van der Waals surface area contributed by atoms with Crippen molar-refractivity contribution in [2.24, 2.45) is 0 Å². The lowest BCUT2D eigenvalue weighted by Gasteiger charge is -2.36. The van der Waals surface area contributed by atoms with Crippen molar-refractivity contribution in [2.75, 3.05) is 44.2 Å². The molecule has 0 unspecified atom stereocenters. The summed E-state index contributed by atoms with van der Waals surface area (Å²) in [6, 6.07) is 24.3. The number of piperazine rings is 1. The maximum absolute atomic E-state index is 13.4. The molecule has 36 heavy (non-hydrogen) atoms. The zero-order chi connectivity index (χ0) is 24.6. The molecule has 182 valence electrons. The predicted molar refractivity (Wildman–Crippen MR) is 144 cm³/mol. The maximum atomic E-state index is 13.4. The van der Waals surface area contributed by atoms with Gasteiger partial charge in [-0.25, -0.2) is 0 Å². The normalized spacial score (nSPS) is 17.7. The van der Waals surface area contributed by atoms with Gasteiger partial charge >= 0.3 is 0 Å². The number of carbonyl (C=O) groups excluding carboxylic acids is 2. The fourth-order valence-electron chi connectivity index (χ4n) is 5.72. The number of hydrogen-bond donors (Lipinski definition) is 0. The Balaban J connectivity index is 1.11. The second-order valence-corrected chi connectivity index (χ2v) is 10.1. The Morgan fingerprint density at radius 1 is 0.722 bits per heavy atom. The molecule has 3 aromatic carbocycles. The van der Waals surface area contributed by atoms with Gasteiger partial charge in [0, 0.05) is 49.0 Å². The van der Waals surface area contributed by atoms with Gasteiger partial charge in [0.15, 0.2) is 0 Å². The Hall–Kier alpha value is -3.41. The van der Waals surface area contributed by atoms with Crippen LogP contribution in [0.4, 0.5) is 5.69 Å². The zero-order valence-electron chi connectivity index (χ0n) is 20.1. The van der Waals surface area contributed by atoms with E-state index in [-0.39, 0.29) is 18.2 Å². The van der Waals surface area contributed by atoms with Gasteiger partial charge in [-0.2, -0.15) is 0 Å². The molecule has 2 aliphatic heterocycles. The number of carbonyl (C=O) groups is 2. The van der Waals surface area contributed by atoms with Crippen LogP contribution in [0, 0.1) is 0 Å². The Morgan fingerprint density at radius 3 is 2.00 bits per heavy atom. The van der Waals surface area contributed by atoms with Crippen LogP contribution in [-0.2, 0) is 9.59 Å². The third kappa shape index (κ3) is 4.12. The first-order valence-corrected chi connectivity index (χ1v) is 13.0. The first kappa shape index (κ1) is 23.0. The minimum Gasteiger partial charge on any atom is -0.369 e. The monoisotopic (exact) mass is 497 g/mol. The van der Waals surface area contributed by atoms with Crippen LogP contribution in [0.25, 0.3) is 16.7 Å². The summed E-state index contributed by atoms with van der Waals surface area (Å²) in [5, 5.41) is 0.758. The van der Waals surface area contributed by atoms with Gasteiger partial charge in [0.1, 0.15) is 0 Å². The Morgan fingerprint density at radius 2 is 1.36 bits per heavy atom. The molecule has 6 rings (SSSR count). The number of imide groups is 1. The van der Waals surface area contributed by atoms with Crippen molar-refractivity contribution in [1.29, 1.82) is 0 Å². The summed E-state index contributed by atoms with van der Waals surface area (Å²) in [4.78, 5) is 32.6. The number of hydrogen-bond acceptors (Lipinski definition) is 4. The van der Waals surface area contributed by atoms with Gasteiger partial charge in [0.05, 0.1) is 6.42 Å². The lowest BCUT2D eigenvalue weighted by atomic mass is 9.97. The average molecular weight is 498 g/mol. The lowest BCUT2D eigenvalue weighted by Crippen LogP contribution is -2.47. The highest BCUT2D eigenvalue weighted by atomic mass is 35.5. The molecule has 2 amide bonds. The van der Waals surface area contributed by atoms with Gasteiger partial charge in [-0.1, -0.05) is 66.2 Å². The number of anilines is 1. The summed E-state index contributed by atoms with van der Waals surface area (Å²) in [7, 11) is 0. The number of benzene rings is 3. The summed E-state index contributed by atoms with van der Waals surface area (Å²) in [6.07, 6.45) is 0.958. The van der Waals surface area contributed by atoms with Gasteiger partial charge < -0.3 is 4.90 Å². The van der Waals surface area contributed by atoms with E-state index in [0.29, 0.717) is 12.1 Å². The van der Waals surface area contributed by atoms with Crippen LogP contribution in [0.15, 0.2) is 78.4 Å². The van der Waals surface area contributed by atoms with Crippen molar-refractivity contribution in [3.05, 3.63) is 94.5 Å². The number of fused-ring (bicyclic) bond motifs is 3. The molecule has 0 bridgehead atoms. The van der Waals surface area contributed by atoms with Crippen LogP contribution < -0.4 is 4.90 Å². The van der Waals surface area contributed by atoms with Gasteiger partial charge in [0.2, 0.25) is 5.91 Å². The lowest BCUT2D eigenvalue weighted by molar-refractivity contribution is -0.137.